The van der Waals surface area contributed by atoms with Gasteiger partial charge < -0.3 is 30.7 Å². The highest BCUT2D eigenvalue weighted by Gasteiger charge is 2.46. The van der Waals surface area contributed by atoms with E-state index < -0.39 is 30.4 Å². The lowest BCUT2D eigenvalue weighted by Crippen LogP contribution is -2.38. The Balaban J connectivity index is 1.57. The Morgan fingerprint density at radius 3 is 2.19 bits per heavy atom. The number of alkyl halides is 3. The first-order valence-corrected chi connectivity index (χ1v) is 11.4. The maximum absolute atomic E-state index is 13.0. The molecule has 13 heteroatoms. The highest BCUT2D eigenvalue weighted by molar-refractivity contribution is 5.95. The molecule has 36 heavy (non-hydrogen) atoms. The van der Waals surface area contributed by atoms with Crippen molar-refractivity contribution < 1.29 is 32.2 Å². The fourth-order valence-electron chi connectivity index (χ4n) is 4.18. The second-order valence-corrected chi connectivity index (χ2v) is 10.00. The predicted octanol–water partition coefficient (Wildman–Crippen LogP) is 3.00. The van der Waals surface area contributed by atoms with Crippen LogP contribution in [0, 0.1) is 5.41 Å². The zero-order valence-corrected chi connectivity index (χ0v) is 20.5. The van der Waals surface area contributed by atoms with E-state index in [9.17, 15) is 22.8 Å². The van der Waals surface area contributed by atoms with Gasteiger partial charge in [-0.2, -0.15) is 18.2 Å². The molecule has 0 saturated carbocycles. The van der Waals surface area contributed by atoms with Crippen LogP contribution in [0.3, 0.4) is 0 Å². The number of ether oxygens (including phenoxy) is 2. The van der Waals surface area contributed by atoms with Crippen LogP contribution >= 0.6 is 0 Å². The van der Waals surface area contributed by atoms with Crippen LogP contribution in [0.5, 0.6) is 0 Å². The molecule has 2 amide bonds. The number of hydrogen-bond donors (Lipinski definition) is 2. The minimum Gasteiger partial charge on any atom is -0.455 e. The van der Waals surface area contributed by atoms with E-state index in [-0.39, 0.29) is 17.4 Å². The molecule has 1 spiro atoms. The number of halogens is 3. The third kappa shape index (κ3) is 7.49. The largest absolute Gasteiger partial charge is 0.455 e. The molecule has 1 unspecified atom stereocenters. The quantitative estimate of drug-likeness (QED) is 0.472. The lowest BCUT2D eigenvalue weighted by atomic mass is 9.86. The molecule has 2 saturated heterocycles. The van der Waals surface area contributed by atoms with Gasteiger partial charge in [0.05, 0.1) is 5.69 Å². The number of amides is 2. The van der Waals surface area contributed by atoms with Crippen molar-refractivity contribution in [2.24, 2.45) is 26.9 Å². The van der Waals surface area contributed by atoms with Crippen LogP contribution in [0.4, 0.5) is 23.7 Å². The monoisotopic (exact) mass is 512 g/mol. The first kappa shape index (κ1) is 27.1. The molecule has 0 aromatic heterocycles. The number of nitrogens with two attached hydrogens (primary N) is 2. The maximum atomic E-state index is 13.0. The van der Waals surface area contributed by atoms with Crippen molar-refractivity contribution in [1.29, 1.82) is 0 Å². The minimum atomic E-state index is -4.56. The van der Waals surface area contributed by atoms with Crippen molar-refractivity contribution in [2.75, 3.05) is 32.8 Å². The molecule has 3 rings (SSSR count). The molecule has 1 atom stereocenters. The van der Waals surface area contributed by atoms with E-state index in [4.69, 9.17) is 16.2 Å². The summed E-state index contributed by atoms with van der Waals surface area (Å²) in [5.41, 5.74) is 10.9. The van der Waals surface area contributed by atoms with Crippen molar-refractivity contribution in [3.8, 4) is 0 Å². The highest BCUT2D eigenvalue weighted by atomic mass is 19.4. The summed E-state index contributed by atoms with van der Waals surface area (Å²) >= 11 is 0. The summed E-state index contributed by atoms with van der Waals surface area (Å²) in [4.78, 5) is 36.3. The highest BCUT2D eigenvalue weighted by Crippen LogP contribution is 2.40. The van der Waals surface area contributed by atoms with E-state index in [1.54, 1.807) is 21.9 Å². The normalized spacial score (nSPS) is 21.3. The van der Waals surface area contributed by atoms with E-state index in [1.807, 2.05) is 20.8 Å². The summed E-state index contributed by atoms with van der Waals surface area (Å²) in [6.45, 7) is 6.16. The summed E-state index contributed by atoms with van der Waals surface area (Å²) in [6.07, 6.45) is -3.29. The summed E-state index contributed by atoms with van der Waals surface area (Å²) in [7, 11) is 0. The SMILES string of the molecule is CC(C)(C)OC(=O)N1CCC2(CCN(C(=O)c3ccc(N=C(N)N=C(N)OCC(F)(F)F)cc3)C2)C1. The van der Waals surface area contributed by atoms with Crippen LogP contribution in [0.25, 0.3) is 0 Å². The average Bonchev–Trinajstić information content (AvgIpc) is 3.38. The molecule has 2 fully saturated rings. The smallest absolute Gasteiger partial charge is 0.422 e. The van der Waals surface area contributed by atoms with Crippen molar-refractivity contribution in [2.45, 2.75) is 45.4 Å². The molecular weight excluding hydrogens is 481 g/mol. The molecule has 0 bridgehead atoms. The van der Waals surface area contributed by atoms with E-state index >= 15 is 0 Å². The van der Waals surface area contributed by atoms with Crippen LogP contribution in [-0.2, 0) is 9.47 Å². The number of amidine groups is 1. The van der Waals surface area contributed by atoms with E-state index in [0.717, 1.165) is 12.8 Å². The lowest BCUT2D eigenvalue weighted by molar-refractivity contribution is -0.156. The van der Waals surface area contributed by atoms with Gasteiger partial charge in [-0.05, 0) is 57.9 Å². The van der Waals surface area contributed by atoms with Gasteiger partial charge in [0.25, 0.3) is 11.9 Å². The summed E-state index contributed by atoms with van der Waals surface area (Å²) < 4.78 is 46.2. The van der Waals surface area contributed by atoms with Gasteiger partial charge in [-0.25, -0.2) is 9.79 Å². The molecule has 1 aromatic rings. The fraction of sp³-hybridized carbons (Fsp3) is 0.565. The Morgan fingerprint density at radius 2 is 1.61 bits per heavy atom. The molecule has 4 N–H and O–H groups in total. The Bertz CT molecular complexity index is 1040. The molecule has 198 valence electrons. The van der Waals surface area contributed by atoms with Gasteiger partial charge in [-0.1, -0.05) is 0 Å². The molecule has 2 aliphatic rings. The van der Waals surface area contributed by atoms with Crippen molar-refractivity contribution in [3.05, 3.63) is 29.8 Å². The Labute approximate surface area is 207 Å². The first-order chi connectivity index (χ1) is 16.6. The van der Waals surface area contributed by atoms with Crippen molar-refractivity contribution in [1.82, 2.24) is 9.80 Å². The number of nitrogens with zero attached hydrogens (tertiary/aromatic N) is 4. The Morgan fingerprint density at radius 1 is 1.03 bits per heavy atom. The van der Waals surface area contributed by atoms with Crippen molar-refractivity contribution >= 4 is 29.7 Å². The van der Waals surface area contributed by atoms with Gasteiger partial charge in [-0.3, -0.25) is 4.79 Å². The van der Waals surface area contributed by atoms with Crippen LogP contribution in [0.1, 0.15) is 44.0 Å². The molecule has 2 heterocycles. The van der Waals surface area contributed by atoms with E-state index in [0.29, 0.717) is 37.4 Å². The number of carbonyl (C=O) groups is 2. The zero-order valence-electron chi connectivity index (χ0n) is 20.5. The second kappa shape index (κ2) is 10.2. The number of carbonyl (C=O) groups excluding carboxylic acids is 2. The average molecular weight is 513 g/mol. The summed E-state index contributed by atoms with van der Waals surface area (Å²) in [5.74, 6) is -0.542. The molecule has 0 aliphatic carbocycles. The van der Waals surface area contributed by atoms with Gasteiger partial charge in [0, 0.05) is 37.2 Å². The third-order valence-corrected chi connectivity index (χ3v) is 5.78. The zero-order chi connectivity index (χ0) is 26.7. The number of hydrogen-bond acceptors (Lipinski definition) is 5. The standard InChI is InChI=1S/C23H31F3N6O4/c1-21(2,3)36-20(34)32-11-9-22(13-32)8-10-31(12-22)17(33)15-4-6-16(7-5-15)29-18(27)30-19(28)35-14-23(24,25)26/h4-7H,8-14H2,1-3H3,(H4,27,28,29,30). The topological polar surface area (TPSA) is 136 Å². The van der Waals surface area contributed by atoms with Crippen LogP contribution in [0.15, 0.2) is 34.3 Å². The van der Waals surface area contributed by atoms with Crippen LogP contribution in [-0.4, -0.2) is 78.3 Å². The Hall–Kier alpha value is -3.51. The van der Waals surface area contributed by atoms with Crippen LogP contribution < -0.4 is 11.5 Å². The van der Waals surface area contributed by atoms with E-state index in [1.165, 1.54) is 12.1 Å². The van der Waals surface area contributed by atoms with E-state index in [2.05, 4.69) is 14.7 Å². The first-order valence-electron chi connectivity index (χ1n) is 11.4. The maximum Gasteiger partial charge on any atom is 0.422 e. The minimum absolute atomic E-state index is 0.141. The van der Waals surface area contributed by atoms with Gasteiger partial charge in [-0.15, -0.1) is 0 Å². The number of likely N-dealkylation sites (tertiary alicyclic amines) is 2. The van der Waals surface area contributed by atoms with Gasteiger partial charge >= 0.3 is 12.3 Å². The van der Waals surface area contributed by atoms with Gasteiger partial charge in [0.15, 0.2) is 6.61 Å². The molecular formula is C23H31F3N6O4. The van der Waals surface area contributed by atoms with Crippen LogP contribution in [0.2, 0.25) is 0 Å². The second-order valence-electron chi connectivity index (χ2n) is 10.00. The Kier molecular flexibility index (Phi) is 7.70. The predicted molar refractivity (Wildman–Crippen MR) is 127 cm³/mol. The molecule has 1 aromatic carbocycles. The molecule has 2 aliphatic heterocycles. The number of rotatable bonds is 3. The summed E-state index contributed by atoms with van der Waals surface area (Å²) in [6, 6.07) is 5.46. The third-order valence-electron chi connectivity index (χ3n) is 5.78. The molecule has 10 nitrogen and oxygen atoms in total. The van der Waals surface area contributed by atoms with Gasteiger partial charge in [0.2, 0.25) is 5.96 Å². The van der Waals surface area contributed by atoms with Crippen molar-refractivity contribution in [3.63, 3.8) is 0 Å². The molecule has 0 radical (unpaired) electrons. The number of benzene rings is 1. The lowest BCUT2D eigenvalue weighted by Gasteiger charge is -2.27. The van der Waals surface area contributed by atoms with Gasteiger partial charge in [0.1, 0.15) is 5.60 Å². The number of guanidine groups is 1. The fourth-order valence-corrected chi connectivity index (χ4v) is 4.18. The summed E-state index contributed by atoms with van der Waals surface area (Å²) in [5, 5.41) is 0. The number of aliphatic imine (C=N–C) groups is 2.